The van der Waals surface area contributed by atoms with E-state index in [1.165, 1.54) is 4.88 Å². The van der Waals surface area contributed by atoms with E-state index >= 15 is 0 Å². The van der Waals surface area contributed by atoms with E-state index < -0.39 is 0 Å². The maximum absolute atomic E-state index is 11.6. The first-order chi connectivity index (χ1) is 7.74. The quantitative estimate of drug-likeness (QED) is 0.763. The normalized spacial score (nSPS) is 12.4. The summed E-state index contributed by atoms with van der Waals surface area (Å²) in [4.78, 5) is 12.9. The van der Waals surface area contributed by atoms with Gasteiger partial charge in [-0.3, -0.25) is 4.79 Å². The Morgan fingerprint density at radius 3 is 2.94 bits per heavy atom. The lowest BCUT2D eigenvalue weighted by atomic mass is 10.3. The van der Waals surface area contributed by atoms with Gasteiger partial charge in [0.05, 0.1) is 6.04 Å². The number of hydrogen-bond donors (Lipinski definition) is 2. The van der Waals surface area contributed by atoms with Crippen molar-refractivity contribution in [1.29, 1.82) is 0 Å². The molecule has 0 aliphatic carbocycles. The Morgan fingerprint density at radius 1 is 1.50 bits per heavy atom. The fourth-order valence-electron chi connectivity index (χ4n) is 1.37. The number of hydrogen-bond acceptors (Lipinski definition) is 3. The average Bonchev–Trinajstić information content (AvgIpc) is 2.78. The fourth-order valence-corrected chi connectivity index (χ4v) is 2.08. The van der Waals surface area contributed by atoms with E-state index in [9.17, 15) is 4.79 Å². The first-order valence-corrected chi connectivity index (χ1v) is 6.65. The number of carbonyl (C=O) groups excluding carboxylic acids is 1. The van der Waals surface area contributed by atoms with Crippen molar-refractivity contribution in [2.45, 2.75) is 32.7 Å². The van der Waals surface area contributed by atoms with Crippen LogP contribution in [0.4, 0.5) is 0 Å². The average molecular weight is 240 g/mol. The molecule has 1 unspecified atom stereocenters. The topological polar surface area (TPSA) is 41.1 Å². The third-order valence-electron chi connectivity index (χ3n) is 2.34. The molecule has 1 amide bonds. The third-order valence-corrected chi connectivity index (χ3v) is 3.28. The Morgan fingerprint density at radius 2 is 2.31 bits per heavy atom. The lowest BCUT2D eigenvalue weighted by Crippen LogP contribution is -2.42. The van der Waals surface area contributed by atoms with Crippen molar-refractivity contribution in [2.75, 3.05) is 13.1 Å². The molecule has 0 bridgehead atoms. The summed E-state index contributed by atoms with van der Waals surface area (Å²) in [5.74, 6) is 0.0880. The second kappa shape index (κ2) is 7.41. The SMILES string of the molecule is CCCNC(C)C(=O)NCCc1cccs1. The Labute approximate surface area is 101 Å². The molecule has 0 fully saturated rings. The Hall–Kier alpha value is -0.870. The van der Waals surface area contributed by atoms with Gasteiger partial charge < -0.3 is 10.6 Å². The zero-order valence-electron chi connectivity index (χ0n) is 9.95. The van der Waals surface area contributed by atoms with Crippen LogP contribution in [0.1, 0.15) is 25.1 Å². The van der Waals surface area contributed by atoms with Crippen molar-refractivity contribution in [1.82, 2.24) is 10.6 Å². The molecule has 0 radical (unpaired) electrons. The van der Waals surface area contributed by atoms with Crippen LogP contribution in [0.25, 0.3) is 0 Å². The summed E-state index contributed by atoms with van der Waals surface area (Å²) >= 11 is 1.73. The van der Waals surface area contributed by atoms with E-state index in [0.717, 1.165) is 25.9 Å². The summed E-state index contributed by atoms with van der Waals surface area (Å²) in [7, 11) is 0. The fraction of sp³-hybridized carbons (Fsp3) is 0.583. The lowest BCUT2D eigenvalue weighted by molar-refractivity contribution is -0.122. The van der Waals surface area contributed by atoms with Gasteiger partial charge in [-0.1, -0.05) is 13.0 Å². The van der Waals surface area contributed by atoms with E-state index in [1.54, 1.807) is 11.3 Å². The van der Waals surface area contributed by atoms with Gasteiger partial charge in [-0.25, -0.2) is 0 Å². The molecule has 1 heterocycles. The molecular weight excluding hydrogens is 220 g/mol. The standard InChI is InChI=1S/C12H20N2OS/c1-3-7-13-10(2)12(15)14-8-6-11-5-4-9-16-11/h4-5,9-10,13H,3,6-8H2,1-2H3,(H,14,15). The largest absolute Gasteiger partial charge is 0.354 e. The zero-order chi connectivity index (χ0) is 11.8. The second-order valence-corrected chi connectivity index (χ2v) is 4.83. The summed E-state index contributed by atoms with van der Waals surface area (Å²) in [5.41, 5.74) is 0. The van der Waals surface area contributed by atoms with Crippen LogP contribution in [0.15, 0.2) is 17.5 Å². The summed E-state index contributed by atoms with van der Waals surface area (Å²) in [6.07, 6.45) is 1.97. The molecule has 1 rings (SSSR count). The predicted octanol–water partition coefficient (Wildman–Crippen LogP) is 1.79. The van der Waals surface area contributed by atoms with Crippen molar-refractivity contribution < 1.29 is 4.79 Å². The van der Waals surface area contributed by atoms with Gasteiger partial charge in [-0.15, -0.1) is 11.3 Å². The Balaban J connectivity index is 2.14. The zero-order valence-corrected chi connectivity index (χ0v) is 10.8. The van der Waals surface area contributed by atoms with Crippen molar-refractivity contribution in [2.24, 2.45) is 0 Å². The summed E-state index contributed by atoms with van der Waals surface area (Å²) in [6, 6.07) is 4.03. The van der Waals surface area contributed by atoms with Gasteiger partial charge in [0, 0.05) is 11.4 Å². The minimum absolute atomic E-state index is 0.0880. The molecule has 0 aromatic carbocycles. The molecule has 0 saturated heterocycles. The van der Waals surface area contributed by atoms with Gasteiger partial charge in [0.2, 0.25) is 5.91 Å². The highest BCUT2D eigenvalue weighted by atomic mass is 32.1. The molecule has 0 aliphatic rings. The van der Waals surface area contributed by atoms with Crippen LogP contribution in [0.3, 0.4) is 0 Å². The lowest BCUT2D eigenvalue weighted by Gasteiger charge is -2.12. The van der Waals surface area contributed by atoms with Crippen LogP contribution in [0, 0.1) is 0 Å². The van der Waals surface area contributed by atoms with Crippen LogP contribution < -0.4 is 10.6 Å². The summed E-state index contributed by atoms with van der Waals surface area (Å²) < 4.78 is 0. The van der Waals surface area contributed by atoms with E-state index in [-0.39, 0.29) is 11.9 Å². The molecule has 2 N–H and O–H groups in total. The van der Waals surface area contributed by atoms with Gasteiger partial charge in [-0.05, 0) is 37.8 Å². The third kappa shape index (κ3) is 4.77. The van der Waals surface area contributed by atoms with Crippen molar-refractivity contribution >= 4 is 17.2 Å². The highest BCUT2D eigenvalue weighted by Crippen LogP contribution is 2.07. The highest BCUT2D eigenvalue weighted by molar-refractivity contribution is 7.09. The van der Waals surface area contributed by atoms with Crippen LogP contribution in [0.2, 0.25) is 0 Å². The molecule has 0 saturated carbocycles. The van der Waals surface area contributed by atoms with Crippen molar-refractivity contribution in [3.05, 3.63) is 22.4 Å². The minimum Gasteiger partial charge on any atom is -0.354 e. The van der Waals surface area contributed by atoms with Crippen LogP contribution in [-0.4, -0.2) is 25.0 Å². The number of rotatable bonds is 7. The van der Waals surface area contributed by atoms with Gasteiger partial charge >= 0.3 is 0 Å². The van der Waals surface area contributed by atoms with Gasteiger partial charge in [-0.2, -0.15) is 0 Å². The maximum Gasteiger partial charge on any atom is 0.236 e. The predicted molar refractivity (Wildman–Crippen MR) is 68.8 cm³/mol. The number of carbonyl (C=O) groups is 1. The molecule has 16 heavy (non-hydrogen) atoms. The molecule has 0 aliphatic heterocycles. The second-order valence-electron chi connectivity index (χ2n) is 3.80. The van der Waals surface area contributed by atoms with Crippen LogP contribution in [0.5, 0.6) is 0 Å². The van der Waals surface area contributed by atoms with E-state index in [2.05, 4.69) is 29.0 Å². The first kappa shape index (κ1) is 13.2. The monoisotopic (exact) mass is 240 g/mol. The Bertz CT molecular complexity index is 298. The van der Waals surface area contributed by atoms with Crippen LogP contribution in [-0.2, 0) is 11.2 Å². The molecule has 1 aromatic heterocycles. The molecular formula is C12H20N2OS. The van der Waals surface area contributed by atoms with E-state index in [0.29, 0.717) is 0 Å². The van der Waals surface area contributed by atoms with E-state index in [4.69, 9.17) is 0 Å². The molecule has 4 heteroatoms. The summed E-state index contributed by atoms with van der Waals surface area (Å²) in [6.45, 7) is 5.60. The van der Waals surface area contributed by atoms with E-state index in [1.807, 2.05) is 13.0 Å². The van der Waals surface area contributed by atoms with Gasteiger partial charge in [0.25, 0.3) is 0 Å². The highest BCUT2D eigenvalue weighted by Gasteiger charge is 2.10. The number of amides is 1. The molecule has 90 valence electrons. The molecule has 0 spiro atoms. The Kier molecular flexibility index (Phi) is 6.11. The molecule has 1 atom stereocenters. The molecule has 3 nitrogen and oxygen atoms in total. The minimum atomic E-state index is -0.0942. The summed E-state index contributed by atoms with van der Waals surface area (Å²) in [5, 5.41) is 8.16. The van der Waals surface area contributed by atoms with Crippen molar-refractivity contribution in [3.63, 3.8) is 0 Å². The number of thiophene rings is 1. The molecule has 1 aromatic rings. The van der Waals surface area contributed by atoms with Crippen LogP contribution >= 0.6 is 11.3 Å². The number of nitrogens with one attached hydrogen (secondary N) is 2. The van der Waals surface area contributed by atoms with Crippen molar-refractivity contribution in [3.8, 4) is 0 Å². The first-order valence-electron chi connectivity index (χ1n) is 5.77. The van der Waals surface area contributed by atoms with Gasteiger partial charge in [0.1, 0.15) is 0 Å². The maximum atomic E-state index is 11.6. The van der Waals surface area contributed by atoms with Gasteiger partial charge in [0.15, 0.2) is 0 Å². The smallest absolute Gasteiger partial charge is 0.236 e.